The van der Waals surface area contributed by atoms with Crippen LogP contribution in [0.15, 0.2) is 17.9 Å². The van der Waals surface area contributed by atoms with E-state index in [0.29, 0.717) is 0 Å². The first-order valence-corrected chi connectivity index (χ1v) is 3.39. The Bertz CT molecular complexity index is 175. The van der Waals surface area contributed by atoms with Crippen molar-refractivity contribution in [3.05, 3.63) is 23.2 Å². The van der Waals surface area contributed by atoms with Crippen LogP contribution in [-0.4, -0.2) is 0 Å². The van der Waals surface area contributed by atoms with Crippen molar-refractivity contribution in [1.29, 1.82) is 0 Å². The van der Waals surface area contributed by atoms with Crippen molar-refractivity contribution in [2.75, 3.05) is 0 Å². The molecular weight excluding hydrogens is 148 g/mol. The van der Waals surface area contributed by atoms with Gasteiger partial charge in [0.1, 0.15) is 0 Å². The molecule has 0 aliphatic rings. The molecule has 1 rings (SSSR count). The fourth-order valence-electron chi connectivity index (χ4n) is 0.507. The Morgan fingerprint density at radius 3 is 2.22 bits per heavy atom. The van der Waals surface area contributed by atoms with Crippen LogP contribution < -0.4 is 0 Å². The lowest BCUT2D eigenvalue weighted by atomic mass is 10.5. The second kappa shape index (κ2) is 2.07. The predicted octanol–water partition coefficient (Wildman–Crippen LogP) is 2.74. The Balaban J connectivity index is 2.90. The molecule has 0 amide bonds. The van der Waals surface area contributed by atoms with E-state index in [1.807, 2.05) is 0 Å². The topological polar surface area (TPSA) is 0 Å². The van der Waals surface area contributed by atoms with Gasteiger partial charge in [-0.25, -0.2) is 0 Å². The SMILES string of the molecule is FC(F)(F)c1ccc[pH]1. The first-order chi connectivity index (χ1) is 4.11. The summed E-state index contributed by atoms with van der Waals surface area (Å²) >= 11 is 0. The molecule has 0 fully saturated rings. The standard InChI is InChI=1S/C5H4F3P/c6-5(7,8)4-2-1-3-9-4/h1-3,9H. The summed E-state index contributed by atoms with van der Waals surface area (Å²) in [5.41, 5.74) is 0. The molecule has 0 aromatic carbocycles. The molecule has 0 nitrogen and oxygen atoms in total. The van der Waals surface area contributed by atoms with Crippen molar-refractivity contribution in [1.82, 2.24) is 0 Å². The summed E-state index contributed by atoms with van der Waals surface area (Å²) in [7, 11) is -0.193. The van der Waals surface area contributed by atoms with Gasteiger partial charge in [0.05, 0.1) is 5.30 Å². The van der Waals surface area contributed by atoms with Crippen LogP contribution in [0.3, 0.4) is 0 Å². The zero-order valence-electron chi connectivity index (χ0n) is 4.37. The molecule has 1 aromatic rings. The van der Waals surface area contributed by atoms with Gasteiger partial charge in [0.2, 0.25) is 0 Å². The second-order valence-electron chi connectivity index (χ2n) is 1.58. The Morgan fingerprint density at radius 1 is 1.33 bits per heavy atom. The molecule has 1 aromatic heterocycles. The maximum Gasteiger partial charge on any atom is 0.419 e. The van der Waals surface area contributed by atoms with Gasteiger partial charge in [-0.15, -0.1) is 8.19 Å². The fourth-order valence-corrected chi connectivity index (χ4v) is 1.23. The zero-order valence-corrected chi connectivity index (χ0v) is 5.37. The highest BCUT2D eigenvalue weighted by Crippen LogP contribution is 2.34. The summed E-state index contributed by atoms with van der Waals surface area (Å²) in [6, 6.07) is 2.54. The highest BCUT2D eigenvalue weighted by atomic mass is 31.0. The van der Waals surface area contributed by atoms with Crippen LogP contribution in [0.5, 0.6) is 0 Å². The monoisotopic (exact) mass is 152 g/mol. The highest BCUT2D eigenvalue weighted by molar-refractivity contribution is 7.30. The van der Waals surface area contributed by atoms with Crippen LogP contribution >= 0.6 is 8.19 Å². The van der Waals surface area contributed by atoms with Gasteiger partial charge in [0.25, 0.3) is 0 Å². The van der Waals surface area contributed by atoms with Crippen LogP contribution in [0, 0.1) is 0 Å². The summed E-state index contributed by atoms with van der Waals surface area (Å²) in [5.74, 6) is 1.52. The van der Waals surface area contributed by atoms with E-state index in [-0.39, 0.29) is 8.19 Å². The summed E-state index contributed by atoms with van der Waals surface area (Å²) in [4.78, 5) is 0. The van der Waals surface area contributed by atoms with Gasteiger partial charge in [-0.05, 0) is 11.9 Å². The Hall–Kier alpha value is -0.430. The van der Waals surface area contributed by atoms with Crippen LogP contribution in [0.4, 0.5) is 13.2 Å². The zero-order chi connectivity index (χ0) is 6.91. The first kappa shape index (κ1) is 6.69. The second-order valence-corrected chi connectivity index (χ2v) is 2.74. The van der Waals surface area contributed by atoms with E-state index < -0.39 is 11.5 Å². The number of hydrogen-bond donors (Lipinski definition) is 0. The van der Waals surface area contributed by atoms with Crippen molar-refractivity contribution >= 4 is 8.19 Å². The van der Waals surface area contributed by atoms with Crippen LogP contribution in [0.2, 0.25) is 0 Å². The number of halogens is 3. The minimum atomic E-state index is -4.11. The molecule has 0 aliphatic heterocycles. The van der Waals surface area contributed by atoms with E-state index in [1.54, 1.807) is 0 Å². The van der Waals surface area contributed by atoms with Crippen molar-refractivity contribution in [2.45, 2.75) is 6.18 Å². The van der Waals surface area contributed by atoms with Gasteiger partial charge in [-0.2, -0.15) is 13.2 Å². The lowest BCUT2D eigenvalue weighted by Gasteiger charge is -2.00. The van der Waals surface area contributed by atoms with Crippen LogP contribution in [-0.2, 0) is 6.18 Å². The minimum absolute atomic E-state index is 0.193. The minimum Gasteiger partial charge on any atom is -0.166 e. The van der Waals surface area contributed by atoms with Gasteiger partial charge < -0.3 is 0 Å². The highest BCUT2D eigenvalue weighted by Gasteiger charge is 2.30. The van der Waals surface area contributed by atoms with Crippen LogP contribution in [0.25, 0.3) is 0 Å². The Morgan fingerprint density at radius 2 is 2.00 bits per heavy atom. The molecule has 0 saturated carbocycles. The lowest BCUT2D eigenvalue weighted by molar-refractivity contribution is -0.134. The number of alkyl halides is 3. The number of hydrogen-bond acceptors (Lipinski definition) is 0. The Kier molecular flexibility index (Phi) is 1.54. The maximum absolute atomic E-state index is 11.7. The molecule has 0 N–H and O–H groups in total. The van der Waals surface area contributed by atoms with E-state index in [2.05, 4.69) is 0 Å². The largest absolute Gasteiger partial charge is 0.419 e. The van der Waals surface area contributed by atoms with Gasteiger partial charge in [-0.1, -0.05) is 6.07 Å². The van der Waals surface area contributed by atoms with E-state index in [4.69, 9.17) is 0 Å². The molecule has 0 radical (unpaired) electrons. The summed E-state index contributed by atoms with van der Waals surface area (Å²) in [5, 5.41) is -0.428. The molecule has 9 heavy (non-hydrogen) atoms. The molecule has 0 aliphatic carbocycles. The third-order valence-corrected chi connectivity index (χ3v) is 2.02. The van der Waals surface area contributed by atoms with Crippen LogP contribution in [0.1, 0.15) is 5.30 Å². The molecule has 1 atom stereocenters. The lowest BCUT2D eigenvalue weighted by Crippen LogP contribution is -1.99. The normalized spacial score (nSPS) is 12.8. The molecule has 1 unspecified atom stereocenters. The third-order valence-electron chi connectivity index (χ3n) is 0.903. The van der Waals surface area contributed by atoms with Gasteiger partial charge in [0, 0.05) is 0 Å². The van der Waals surface area contributed by atoms with Crippen molar-refractivity contribution < 1.29 is 13.2 Å². The van der Waals surface area contributed by atoms with Crippen molar-refractivity contribution in [3.63, 3.8) is 0 Å². The van der Waals surface area contributed by atoms with Gasteiger partial charge in [-0.3, -0.25) is 0 Å². The fraction of sp³-hybridized carbons (Fsp3) is 0.200. The molecule has 0 saturated heterocycles. The summed E-state index contributed by atoms with van der Waals surface area (Å²) in [6.45, 7) is 0. The van der Waals surface area contributed by atoms with Crippen molar-refractivity contribution in [2.24, 2.45) is 0 Å². The molecule has 4 heteroatoms. The first-order valence-electron chi connectivity index (χ1n) is 2.31. The Labute approximate surface area is 51.8 Å². The smallest absolute Gasteiger partial charge is 0.166 e. The summed E-state index contributed by atoms with van der Waals surface area (Å²) < 4.78 is 35.0. The number of rotatable bonds is 0. The van der Waals surface area contributed by atoms with Gasteiger partial charge in [0.15, 0.2) is 0 Å². The van der Waals surface area contributed by atoms with E-state index in [1.165, 1.54) is 11.9 Å². The average Bonchev–Trinajstić information content (AvgIpc) is 2.08. The van der Waals surface area contributed by atoms with Crippen molar-refractivity contribution in [3.8, 4) is 0 Å². The quantitative estimate of drug-likeness (QED) is 0.536. The molecular formula is C5H4F3P. The van der Waals surface area contributed by atoms with Gasteiger partial charge >= 0.3 is 6.18 Å². The predicted molar refractivity (Wildman–Crippen MR) is 30.9 cm³/mol. The molecule has 0 spiro atoms. The van der Waals surface area contributed by atoms with E-state index in [9.17, 15) is 13.2 Å². The average molecular weight is 152 g/mol. The van der Waals surface area contributed by atoms with E-state index >= 15 is 0 Å². The third kappa shape index (κ3) is 1.49. The summed E-state index contributed by atoms with van der Waals surface area (Å²) in [6.07, 6.45) is -4.11. The maximum atomic E-state index is 11.7. The van der Waals surface area contributed by atoms with E-state index in [0.717, 1.165) is 6.07 Å². The molecule has 1 heterocycles. The molecule has 50 valence electrons. The molecule has 0 bridgehead atoms.